The Hall–Kier alpha value is -4.05. The van der Waals surface area contributed by atoms with E-state index in [1.165, 1.54) is 32.6 Å². The Morgan fingerprint density at radius 2 is 1.64 bits per heavy atom. The number of anilines is 1. The summed E-state index contributed by atoms with van der Waals surface area (Å²) >= 11 is 0. The van der Waals surface area contributed by atoms with Crippen molar-refractivity contribution in [1.82, 2.24) is 5.43 Å². The number of nitrogens with zero attached hydrogens (tertiary/aromatic N) is 2. The third kappa shape index (κ3) is 6.54. The molecule has 0 unspecified atom stereocenters. The molecule has 0 saturated carbocycles. The number of amides is 1. The average Bonchev–Trinajstić information content (AvgIpc) is 2.88. The van der Waals surface area contributed by atoms with Gasteiger partial charge in [-0.05, 0) is 74.0 Å². The SMILES string of the molecule is CCOc1ccc(N(CC(=O)N/N=C/c2ccc(OC)c(OC)c2)S(=O)(=O)c2ccc(C)cc2)cc1. The molecular weight excluding hydrogens is 482 g/mol. The first-order valence-electron chi connectivity index (χ1n) is 11.1. The van der Waals surface area contributed by atoms with Gasteiger partial charge in [0.2, 0.25) is 0 Å². The lowest BCUT2D eigenvalue weighted by Gasteiger charge is -2.24. The van der Waals surface area contributed by atoms with Crippen molar-refractivity contribution in [2.45, 2.75) is 18.7 Å². The van der Waals surface area contributed by atoms with E-state index in [9.17, 15) is 13.2 Å². The van der Waals surface area contributed by atoms with E-state index in [2.05, 4.69) is 10.5 Å². The monoisotopic (exact) mass is 511 g/mol. The number of methoxy groups -OCH3 is 2. The van der Waals surface area contributed by atoms with E-state index in [0.717, 1.165) is 9.87 Å². The number of benzene rings is 3. The van der Waals surface area contributed by atoms with Crippen molar-refractivity contribution in [1.29, 1.82) is 0 Å². The van der Waals surface area contributed by atoms with Gasteiger partial charge in [0.1, 0.15) is 12.3 Å². The molecule has 190 valence electrons. The lowest BCUT2D eigenvalue weighted by molar-refractivity contribution is -0.119. The highest BCUT2D eigenvalue weighted by Gasteiger charge is 2.27. The molecule has 0 atom stereocenters. The van der Waals surface area contributed by atoms with Gasteiger partial charge < -0.3 is 14.2 Å². The van der Waals surface area contributed by atoms with Gasteiger partial charge in [-0.2, -0.15) is 5.10 Å². The van der Waals surface area contributed by atoms with Gasteiger partial charge in [0, 0.05) is 0 Å². The van der Waals surface area contributed by atoms with Crippen LogP contribution >= 0.6 is 0 Å². The van der Waals surface area contributed by atoms with E-state index in [1.807, 2.05) is 13.8 Å². The van der Waals surface area contributed by atoms with Crippen molar-refractivity contribution in [2.75, 3.05) is 31.7 Å². The van der Waals surface area contributed by atoms with E-state index in [1.54, 1.807) is 54.6 Å². The Balaban J connectivity index is 1.82. The fraction of sp³-hybridized carbons (Fsp3) is 0.231. The summed E-state index contributed by atoms with van der Waals surface area (Å²) in [6.07, 6.45) is 1.43. The fourth-order valence-corrected chi connectivity index (χ4v) is 4.73. The number of nitrogens with one attached hydrogen (secondary N) is 1. The molecule has 3 rings (SSSR count). The molecule has 36 heavy (non-hydrogen) atoms. The molecule has 0 heterocycles. The normalized spacial score (nSPS) is 11.2. The van der Waals surface area contributed by atoms with E-state index < -0.39 is 22.5 Å². The maximum absolute atomic E-state index is 13.5. The molecule has 0 aromatic heterocycles. The van der Waals surface area contributed by atoms with Crippen molar-refractivity contribution in [2.24, 2.45) is 5.10 Å². The third-order valence-electron chi connectivity index (χ3n) is 5.14. The predicted molar refractivity (Wildman–Crippen MR) is 139 cm³/mol. The standard InChI is InChI=1S/C26H29N3O6S/c1-5-35-22-11-9-21(10-12-22)29(36(31,32)23-13-6-19(2)7-14-23)18-26(30)28-27-17-20-8-15-24(33-3)25(16-20)34-4/h6-17H,5,18H2,1-4H3,(H,28,30)/b27-17+. The minimum absolute atomic E-state index is 0.0728. The second kappa shape index (κ2) is 12.1. The molecule has 0 aliphatic rings. The van der Waals surface area contributed by atoms with Crippen LogP contribution in [-0.2, 0) is 14.8 Å². The topological polar surface area (TPSA) is 107 Å². The van der Waals surface area contributed by atoms with Crippen LogP contribution in [0.2, 0.25) is 0 Å². The third-order valence-corrected chi connectivity index (χ3v) is 6.93. The summed E-state index contributed by atoms with van der Waals surface area (Å²) in [6.45, 7) is 3.72. The Morgan fingerprint density at radius 1 is 0.972 bits per heavy atom. The Morgan fingerprint density at radius 3 is 2.25 bits per heavy atom. The lowest BCUT2D eigenvalue weighted by Crippen LogP contribution is -2.39. The van der Waals surface area contributed by atoms with Crippen molar-refractivity contribution in [3.8, 4) is 17.2 Å². The number of hydrazone groups is 1. The van der Waals surface area contributed by atoms with Gasteiger partial charge in [0.05, 0.1) is 37.6 Å². The zero-order valence-electron chi connectivity index (χ0n) is 20.6. The second-order valence-corrected chi connectivity index (χ2v) is 9.52. The molecule has 0 bridgehead atoms. The second-order valence-electron chi connectivity index (χ2n) is 7.66. The molecular formula is C26H29N3O6S. The van der Waals surface area contributed by atoms with Crippen LogP contribution in [0.25, 0.3) is 0 Å². The quantitative estimate of drug-likeness (QED) is 0.310. The number of aryl methyl sites for hydroxylation is 1. The Bertz CT molecular complexity index is 1310. The highest BCUT2D eigenvalue weighted by Crippen LogP contribution is 2.27. The van der Waals surface area contributed by atoms with E-state index >= 15 is 0 Å². The molecule has 3 aromatic rings. The van der Waals surface area contributed by atoms with E-state index in [-0.39, 0.29) is 4.90 Å². The number of sulfonamides is 1. The zero-order valence-corrected chi connectivity index (χ0v) is 21.4. The smallest absolute Gasteiger partial charge is 0.264 e. The van der Waals surface area contributed by atoms with Gasteiger partial charge in [-0.25, -0.2) is 13.8 Å². The molecule has 1 amide bonds. The van der Waals surface area contributed by atoms with Crippen molar-refractivity contribution < 1.29 is 27.4 Å². The Labute approximate surface area is 211 Å². The molecule has 3 aromatic carbocycles. The van der Waals surface area contributed by atoms with E-state index in [0.29, 0.717) is 35.1 Å². The first kappa shape index (κ1) is 26.6. The van der Waals surface area contributed by atoms with Crippen LogP contribution in [-0.4, -0.2) is 47.9 Å². The highest BCUT2D eigenvalue weighted by molar-refractivity contribution is 7.92. The number of hydrogen-bond donors (Lipinski definition) is 1. The van der Waals surface area contributed by atoms with Gasteiger partial charge in [0.15, 0.2) is 11.5 Å². The fourth-order valence-electron chi connectivity index (χ4n) is 3.31. The van der Waals surface area contributed by atoms with Crippen LogP contribution < -0.4 is 23.9 Å². The summed E-state index contributed by atoms with van der Waals surface area (Å²) in [4.78, 5) is 12.8. The van der Waals surface area contributed by atoms with Crippen LogP contribution in [0.15, 0.2) is 76.7 Å². The number of carbonyl (C=O) groups is 1. The van der Waals surface area contributed by atoms with Gasteiger partial charge in [-0.15, -0.1) is 0 Å². The molecule has 0 radical (unpaired) electrons. The van der Waals surface area contributed by atoms with E-state index in [4.69, 9.17) is 14.2 Å². The molecule has 9 nitrogen and oxygen atoms in total. The van der Waals surface area contributed by atoms with Crippen LogP contribution in [0.4, 0.5) is 5.69 Å². The molecule has 10 heteroatoms. The summed E-state index contributed by atoms with van der Waals surface area (Å²) in [5.41, 5.74) is 4.28. The van der Waals surface area contributed by atoms with Gasteiger partial charge in [0.25, 0.3) is 15.9 Å². The van der Waals surface area contributed by atoms with Crippen LogP contribution in [0.3, 0.4) is 0 Å². The van der Waals surface area contributed by atoms with Crippen molar-refractivity contribution >= 4 is 27.8 Å². The summed E-state index contributed by atoms with van der Waals surface area (Å²) < 4.78 is 43.9. The molecule has 0 aliphatic carbocycles. The molecule has 0 spiro atoms. The van der Waals surface area contributed by atoms with Crippen LogP contribution in [0.5, 0.6) is 17.2 Å². The average molecular weight is 512 g/mol. The summed E-state index contributed by atoms with van der Waals surface area (Å²) in [5.74, 6) is 1.05. The summed E-state index contributed by atoms with van der Waals surface area (Å²) in [5, 5.41) is 3.96. The van der Waals surface area contributed by atoms with Gasteiger partial charge >= 0.3 is 0 Å². The van der Waals surface area contributed by atoms with Crippen LogP contribution in [0.1, 0.15) is 18.1 Å². The first-order chi connectivity index (χ1) is 17.3. The number of hydrogen-bond acceptors (Lipinski definition) is 7. The van der Waals surface area contributed by atoms with Gasteiger partial charge in [-0.1, -0.05) is 17.7 Å². The first-order valence-corrected chi connectivity index (χ1v) is 12.6. The molecule has 0 fully saturated rings. The lowest BCUT2D eigenvalue weighted by atomic mass is 10.2. The number of ether oxygens (including phenoxy) is 3. The number of carbonyl (C=O) groups excluding carboxylic acids is 1. The maximum Gasteiger partial charge on any atom is 0.264 e. The summed E-state index contributed by atoms with van der Waals surface area (Å²) in [7, 11) is -0.983. The largest absolute Gasteiger partial charge is 0.494 e. The summed E-state index contributed by atoms with van der Waals surface area (Å²) in [6, 6.07) is 18.1. The molecule has 0 aliphatic heterocycles. The van der Waals surface area contributed by atoms with Crippen molar-refractivity contribution in [3.63, 3.8) is 0 Å². The molecule has 0 saturated heterocycles. The van der Waals surface area contributed by atoms with Gasteiger partial charge in [-0.3, -0.25) is 9.10 Å². The number of rotatable bonds is 11. The maximum atomic E-state index is 13.5. The minimum Gasteiger partial charge on any atom is -0.494 e. The highest BCUT2D eigenvalue weighted by atomic mass is 32.2. The zero-order chi connectivity index (χ0) is 26.1. The van der Waals surface area contributed by atoms with Crippen molar-refractivity contribution in [3.05, 3.63) is 77.9 Å². The minimum atomic E-state index is -4.04. The molecule has 1 N–H and O–H groups in total. The van der Waals surface area contributed by atoms with Crippen LogP contribution in [0, 0.1) is 6.92 Å². The predicted octanol–water partition coefficient (Wildman–Crippen LogP) is 3.76. The Kier molecular flexibility index (Phi) is 8.91.